The second-order valence-corrected chi connectivity index (χ2v) is 5.21. The molecule has 0 saturated heterocycles. The molecule has 0 radical (unpaired) electrons. The number of benzene rings is 1. The van der Waals surface area contributed by atoms with E-state index in [0.717, 1.165) is 17.8 Å². The summed E-state index contributed by atoms with van der Waals surface area (Å²) in [7, 11) is 0. The number of amides is 1. The van der Waals surface area contributed by atoms with Gasteiger partial charge in [0.25, 0.3) is 5.91 Å². The standard InChI is InChI=1S/C16H12F3N5O/c1-10-2-3-11(7-21-10)15(25)23-13-6-12(16(17,18)19)4-5-14(13)24-9-20-8-22-24/h2-9H,1H3,(H,23,25). The lowest BCUT2D eigenvalue weighted by atomic mass is 10.1. The van der Waals surface area contributed by atoms with Crippen molar-refractivity contribution in [3.63, 3.8) is 0 Å². The van der Waals surface area contributed by atoms with Crippen LogP contribution in [0.25, 0.3) is 5.69 Å². The number of alkyl halides is 3. The predicted octanol–water partition coefficient (Wildman–Crippen LogP) is 3.24. The fourth-order valence-corrected chi connectivity index (χ4v) is 2.14. The van der Waals surface area contributed by atoms with E-state index in [1.54, 1.807) is 19.1 Å². The van der Waals surface area contributed by atoms with E-state index >= 15 is 0 Å². The molecule has 0 bridgehead atoms. The Morgan fingerprint density at radius 1 is 1.20 bits per heavy atom. The number of rotatable bonds is 3. The van der Waals surface area contributed by atoms with Crippen LogP contribution in [0.5, 0.6) is 0 Å². The molecule has 0 aliphatic heterocycles. The Hall–Kier alpha value is -3.23. The summed E-state index contributed by atoms with van der Waals surface area (Å²) in [5.41, 5.74) is 0.296. The molecular weight excluding hydrogens is 335 g/mol. The summed E-state index contributed by atoms with van der Waals surface area (Å²) in [6, 6.07) is 6.18. The van der Waals surface area contributed by atoms with E-state index < -0.39 is 17.6 Å². The molecule has 2 heterocycles. The van der Waals surface area contributed by atoms with Crippen LogP contribution in [-0.4, -0.2) is 25.7 Å². The minimum Gasteiger partial charge on any atom is -0.320 e. The summed E-state index contributed by atoms with van der Waals surface area (Å²) in [6.45, 7) is 1.76. The Kier molecular flexibility index (Phi) is 4.22. The number of nitrogens with one attached hydrogen (secondary N) is 1. The molecular formula is C16H12F3N5O. The molecule has 1 aromatic carbocycles. The van der Waals surface area contributed by atoms with Gasteiger partial charge < -0.3 is 5.32 Å². The number of hydrogen-bond donors (Lipinski definition) is 1. The highest BCUT2D eigenvalue weighted by atomic mass is 19.4. The second-order valence-electron chi connectivity index (χ2n) is 5.21. The third-order valence-corrected chi connectivity index (χ3v) is 3.41. The van der Waals surface area contributed by atoms with Crippen LogP contribution in [0.15, 0.2) is 49.2 Å². The van der Waals surface area contributed by atoms with Crippen LogP contribution in [0.1, 0.15) is 21.6 Å². The molecule has 9 heteroatoms. The average Bonchev–Trinajstić information content (AvgIpc) is 3.08. The van der Waals surface area contributed by atoms with E-state index in [0.29, 0.717) is 0 Å². The van der Waals surface area contributed by atoms with Crippen molar-refractivity contribution in [1.29, 1.82) is 0 Å². The zero-order valence-electron chi connectivity index (χ0n) is 12.9. The first-order chi connectivity index (χ1) is 11.8. The fourth-order valence-electron chi connectivity index (χ4n) is 2.14. The molecule has 6 nitrogen and oxygen atoms in total. The summed E-state index contributed by atoms with van der Waals surface area (Å²) in [5.74, 6) is -0.576. The molecule has 2 aromatic heterocycles. The van der Waals surface area contributed by atoms with Gasteiger partial charge in [-0.3, -0.25) is 9.78 Å². The van der Waals surface area contributed by atoms with Crippen LogP contribution in [0.3, 0.4) is 0 Å². The number of pyridine rings is 1. The summed E-state index contributed by atoms with van der Waals surface area (Å²) >= 11 is 0. The zero-order valence-corrected chi connectivity index (χ0v) is 12.9. The zero-order chi connectivity index (χ0) is 18.0. The highest BCUT2D eigenvalue weighted by Crippen LogP contribution is 2.33. The third kappa shape index (κ3) is 3.65. The van der Waals surface area contributed by atoms with E-state index in [9.17, 15) is 18.0 Å². The smallest absolute Gasteiger partial charge is 0.320 e. The molecule has 0 aliphatic carbocycles. The summed E-state index contributed by atoms with van der Waals surface area (Å²) in [6.07, 6.45) is -0.613. The maximum Gasteiger partial charge on any atom is 0.416 e. The number of carbonyl (C=O) groups is 1. The number of carbonyl (C=O) groups excluding carboxylic acids is 1. The quantitative estimate of drug-likeness (QED) is 0.789. The van der Waals surface area contributed by atoms with Crippen LogP contribution < -0.4 is 5.32 Å². The number of anilines is 1. The minimum absolute atomic E-state index is 0.0362. The Bertz CT molecular complexity index is 889. The van der Waals surface area contributed by atoms with E-state index in [2.05, 4.69) is 20.4 Å². The number of aryl methyl sites for hydroxylation is 1. The normalized spacial score (nSPS) is 11.4. The van der Waals surface area contributed by atoms with Crippen molar-refractivity contribution in [2.45, 2.75) is 13.1 Å². The summed E-state index contributed by atoms with van der Waals surface area (Å²) in [5, 5.41) is 6.37. The van der Waals surface area contributed by atoms with Gasteiger partial charge in [0.15, 0.2) is 0 Å². The summed E-state index contributed by atoms with van der Waals surface area (Å²) < 4.78 is 40.2. The van der Waals surface area contributed by atoms with Crippen LogP contribution in [-0.2, 0) is 6.18 Å². The van der Waals surface area contributed by atoms with E-state index in [1.807, 2.05) is 0 Å². The van der Waals surface area contributed by atoms with Crippen molar-refractivity contribution in [2.24, 2.45) is 0 Å². The van der Waals surface area contributed by atoms with Crippen molar-refractivity contribution in [3.05, 3.63) is 66.0 Å². The average molecular weight is 347 g/mol. The van der Waals surface area contributed by atoms with Crippen molar-refractivity contribution < 1.29 is 18.0 Å². The van der Waals surface area contributed by atoms with Crippen molar-refractivity contribution >= 4 is 11.6 Å². The lowest BCUT2D eigenvalue weighted by Gasteiger charge is -2.14. The molecule has 0 unspecified atom stereocenters. The molecule has 0 atom stereocenters. The van der Waals surface area contributed by atoms with Gasteiger partial charge in [-0.15, -0.1) is 0 Å². The first-order valence-electron chi connectivity index (χ1n) is 7.15. The maximum atomic E-state index is 13.0. The van der Waals surface area contributed by atoms with Crippen LogP contribution in [0, 0.1) is 6.92 Å². The van der Waals surface area contributed by atoms with Crippen LogP contribution >= 0.6 is 0 Å². The predicted molar refractivity (Wildman–Crippen MR) is 83.3 cm³/mol. The molecule has 128 valence electrons. The monoisotopic (exact) mass is 347 g/mol. The molecule has 3 rings (SSSR count). The van der Waals surface area contributed by atoms with Gasteiger partial charge >= 0.3 is 6.18 Å². The van der Waals surface area contributed by atoms with Gasteiger partial charge in [0.05, 0.1) is 22.5 Å². The first-order valence-corrected chi connectivity index (χ1v) is 7.15. The Morgan fingerprint density at radius 3 is 2.60 bits per heavy atom. The lowest BCUT2D eigenvalue weighted by molar-refractivity contribution is -0.137. The molecule has 1 N–H and O–H groups in total. The van der Waals surface area contributed by atoms with Gasteiger partial charge in [-0.2, -0.15) is 18.3 Å². The molecule has 0 aliphatic rings. The van der Waals surface area contributed by atoms with Crippen LogP contribution in [0.4, 0.5) is 18.9 Å². The molecule has 0 spiro atoms. The highest BCUT2D eigenvalue weighted by molar-refractivity contribution is 6.05. The SMILES string of the molecule is Cc1ccc(C(=O)Nc2cc(C(F)(F)F)ccc2-n2cncn2)cn1. The molecule has 25 heavy (non-hydrogen) atoms. The van der Waals surface area contributed by atoms with Gasteiger partial charge in [-0.25, -0.2) is 9.67 Å². The molecule has 1 amide bonds. The number of hydrogen-bond acceptors (Lipinski definition) is 4. The molecule has 0 fully saturated rings. The fraction of sp³-hybridized carbons (Fsp3) is 0.125. The lowest BCUT2D eigenvalue weighted by Crippen LogP contribution is -2.16. The maximum absolute atomic E-state index is 13.0. The number of halogens is 3. The van der Waals surface area contributed by atoms with Gasteiger partial charge in [0, 0.05) is 11.9 Å². The molecule has 3 aromatic rings. The second kappa shape index (κ2) is 6.34. The van der Waals surface area contributed by atoms with Crippen LogP contribution in [0.2, 0.25) is 0 Å². The van der Waals surface area contributed by atoms with Gasteiger partial charge in [0.2, 0.25) is 0 Å². The molecule has 0 saturated carbocycles. The van der Waals surface area contributed by atoms with Crippen molar-refractivity contribution in [3.8, 4) is 5.69 Å². The highest BCUT2D eigenvalue weighted by Gasteiger charge is 2.31. The van der Waals surface area contributed by atoms with E-state index in [4.69, 9.17) is 0 Å². The Balaban J connectivity index is 2.00. The Labute approximate surface area is 140 Å². The minimum atomic E-state index is -4.54. The van der Waals surface area contributed by atoms with Crippen molar-refractivity contribution in [1.82, 2.24) is 19.7 Å². The van der Waals surface area contributed by atoms with E-state index in [1.165, 1.54) is 29.6 Å². The summed E-state index contributed by atoms with van der Waals surface area (Å²) in [4.78, 5) is 20.1. The first kappa shape index (κ1) is 16.6. The largest absolute Gasteiger partial charge is 0.416 e. The van der Waals surface area contributed by atoms with Gasteiger partial charge in [-0.1, -0.05) is 0 Å². The Morgan fingerprint density at radius 2 is 2.00 bits per heavy atom. The topological polar surface area (TPSA) is 72.7 Å². The number of aromatic nitrogens is 4. The van der Waals surface area contributed by atoms with Gasteiger partial charge in [0.1, 0.15) is 12.7 Å². The van der Waals surface area contributed by atoms with Crippen molar-refractivity contribution in [2.75, 3.05) is 5.32 Å². The third-order valence-electron chi connectivity index (χ3n) is 3.41. The van der Waals surface area contributed by atoms with Gasteiger partial charge in [-0.05, 0) is 37.3 Å². The van der Waals surface area contributed by atoms with E-state index in [-0.39, 0.29) is 16.9 Å². The number of nitrogens with zero attached hydrogens (tertiary/aromatic N) is 4.